The van der Waals surface area contributed by atoms with E-state index in [4.69, 9.17) is 5.11 Å². The maximum Gasteiger partial charge on any atom is 0.444 e. The molecule has 2 rings (SSSR count). The fraction of sp³-hybridized carbons (Fsp3) is 0.250. The summed E-state index contributed by atoms with van der Waals surface area (Å²) in [5.41, 5.74) is 0.331. The lowest BCUT2D eigenvalue weighted by Gasteiger charge is -2.31. The number of fused-ring (bicyclic) bond motifs is 1. The number of rotatable bonds is 0. The van der Waals surface area contributed by atoms with Gasteiger partial charge in [0.05, 0.1) is 10.2 Å². The van der Waals surface area contributed by atoms with Gasteiger partial charge in [0.25, 0.3) is 0 Å². The van der Waals surface area contributed by atoms with Gasteiger partial charge in [-0.3, -0.25) is 0 Å². The summed E-state index contributed by atoms with van der Waals surface area (Å²) in [6.07, 6.45) is -5.64. The number of halogens is 3. The van der Waals surface area contributed by atoms with E-state index >= 15 is 0 Å². The largest absolute Gasteiger partial charge is 0.444 e. The molecule has 14 heavy (non-hydrogen) atoms. The Morgan fingerprint density at radius 2 is 2.21 bits per heavy atom. The molecule has 3 nitrogen and oxygen atoms in total. The van der Waals surface area contributed by atoms with Crippen molar-refractivity contribution in [3.8, 4) is 5.75 Å². The van der Waals surface area contributed by atoms with Gasteiger partial charge in [-0.05, 0) is 28.1 Å². The van der Waals surface area contributed by atoms with Crippen LogP contribution < -0.4 is 10.1 Å². The van der Waals surface area contributed by atoms with Gasteiger partial charge >= 0.3 is 6.11 Å². The van der Waals surface area contributed by atoms with Gasteiger partial charge in [-0.25, -0.2) is 0 Å². The van der Waals surface area contributed by atoms with Crippen LogP contribution in [0.5, 0.6) is 5.75 Å². The smallest absolute Gasteiger partial charge is 0.426 e. The lowest BCUT2D eigenvalue weighted by molar-refractivity contribution is -0.236. The van der Waals surface area contributed by atoms with Gasteiger partial charge in [0.15, 0.2) is 5.75 Å². The van der Waals surface area contributed by atoms with Crippen LogP contribution in [0.15, 0.2) is 22.7 Å². The highest BCUT2D eigenvalue weighted by molar-refractivity contribution is 9.10. The van der Waals surface area contributed by atoms with Gasteiger partial charge in [-0.15, -0.1) is 0 Å². The second-order valence-corrected chi connectivity index (χ2v) is 3.68. The second-order valence-electron chi connectivity index (χ2n) is 2.83. The van der Waals surface area contributed by atoms with E-state index in [1.807, 2.05) is 0 Å². The average Bonchev–Trinajstić information content (AvgIpc) is 2.09. The van der Waals surface area contributed by atoms with Crippen molar-refractivity contribution in [1.29, 1.82) is 0 Å². The summed E-state index contributed by atoms with van der Waals surface area (Å²) >= 11 is 3.07. The molecule has 76 valence electrons. The molecule has 0 saturated heterocycles. The number of ether oxygens (including phenoxy) is 1. The SMILES string of the molecule is OC1Nc2cccc(Br)c2OC1(F)F. The number of benzene rings is 1. The molecular formula is C8H6BrF2NO2. The fourth-order valence-electron chi connectivity index (χ4n) is 1.15. The molecule has 1 aromatic rings. The monoisotopic (exact) mass is 265 g/mol. The van der Waals surface area contributed by atoms with Crippen LogP contribution in [0.4, 0.5) is 14.5 Å². The van der Waals surface area contributed by atoms with Crippen LogP contribution in [0.1, 0.15) is 0 Å². The van der Waals surface area contributed by atoms with Crippen molar-refractivity contribution in [2.75, 3.05) is 5.32 Å². The molecule has 0 aliphatic carbocycles. The van der Waals surface area contributed by atoms with Crippen LogP contribution in [-0.4, -0.2) is 17.4 Å². The zero-order chi connectivity index (χ0) is 10.3. The van der Waals surface area contributed by atoms with Crippen molar-refractivity contribution in [3.63, 3.8) is 0 Å². The Balaban J connectivity index is 2.46. The van der Waals surface area contributed by atoms with E-state index in [1.54, 1.807) is 18.2 Å². The molecule has 0 bridgehead atoms. The van der Waals surface area contributed by atoms with Gasteiger partial charge in [0, 0.05) is 0 Å². The summed E-state index contributed by atoms with van der Waals surface area (Å²) in [6, 6.07) is 4.77. The Labute approximate surface area is 86.8 Å². The van der Waals surface area contributed by atoms with Gasteiger partial charge in [0.2, 0.25) is 6.23 Å². The highest BCUT2D eigenvalue weighted by atomic mass is 79.9. The van der Waals surface area contributed by atoms with Crippen molar-refractivity contribution in [3.05, 3.63) is 22.7 Å². The Hall–Kier alpha value is -0.880. The standard InChI is InChI=1S/C8H6BrF2NO2/c9-4-2-1-3-5-6(4)14-8(10,11)7(13)12-5/h1-3,7,12-13H. The quantitative estimate of drug-likeness (QED) is 0.756. The zero-order valence-electron chi connectivity index (χ0n) is 6.80. The molecule has 1 aromatic carbocycles. The van der Waals surface area contributed by atoms with Gasteiger partial charge < -0.3 is 15.2 Å². The summed E-state index contributed by atoms with van der Waals surface area (Å²) in [7, 11) is 0. The Morgan fingerprint density at radius 1 is 1.50 bits per heavy atom. The minimum atomic E-state index is -3.61. The van der Waals surface area contributed by atoms with E-state index in [0.29, 0.717) is 10.2 Å². The van der Waals surface area contributed by atoms with Gasteiger partial charge in [-0.2, -0.15) is 8.78 Å². The van der Waals surface area contributed by atoms with Gasteiger partial charge in [0.1, 0.15) is 0 Å². The first-order valence-corrected chi connectivity index (χ1v) is 4.60. The van der Waals surface area contributed by atoms with Crippen molar-refractivity contribution in [2.24, 2.45) is 0 Å². The third kappa shape index (κ3) is 1.44. The van der Waals surface area contributed by atoms with Crippen LogP contribution >= 0.6 is 15.9 Å². The Kier molecular flexibility index (Phi) is 2.11. The maximum atomic E-state index is 12.9. The molecule has 1 atom stereocenters. The molecule has 6 heteroatoms. The lowest BCUT2D eigenvalue weighted by Crippen LogP contribution is -2.47. The average molecular weight is 266 g/mol. The molecule has 0 amide bonds. The van der Waals surface area contributed by atoms with E-state index in [1.165, 1.54) is 0 Å². The first kappa shape index (κ1) is 9.67. The van der Waals surface area contributed by atoms with Crippen molar-refractivity contribution >= 4 is 21.6 Å². The van der Waals surface area contributed by atoms with Crippen LogP contribution in [0, 0.1) is 0 Å². The van der Waals surface area contributed by atoms with E-state index in [-0.39, 0.29) is 5.75 Å². The topological polar surface area (TPSA) is 41.5 Å². The second kappa shape index (κ2) is 3.06. The molecule has 0 spiro atoms. The molecule has 0 aromatic heterocycles. The first-order valence-electron chi connectivity index (χ1n) is 3.80. The summed E-state index contributed by atoms with van der Waals surface area (Å²) in [6.45, 7) is 0. The zero-order valence-corrected chi connectivity index (χ0v) is 8.38. The first-order chi connectivity index (χ1) is 6.50. The molecule has 0 fully saturated rings. The molecule has 1 heterocycles. The normalized spacial score (nSPS) is 23.3. The highest BCUT2D eigenvalue weighted by Crippen LogP contribution is 2.41. The highest BCUT2D eigenvalue weighted by Gasteiger charge is 2.46. The van der Waals surface area contributed by atoms with E-state index < -0.39 is 12.3 Å². The number of anilines is 1. The van der Waals surface area contributed by atoms with Crippen molar-refractivity contribution < 1.29 is 18.6 Å². The molecule has 1 aliphatic heterocycles. The fourth-order valence-corrected chi connectivity index (χ4v) is 1.60. The lowest BCUT2D eigenvalue weighted by atomic mass is 10.2. The Bertz CT molecular complexity index is 372. The Morgan fingerprint density at radius 3 is 2.93 bits per heavy atom. The number of alkyl halides is 2. The molecular weight excluding hydrogens is 260 g/mol. The van der Waals surface area contributed by atoms with Gasteiger partial charge in [-0.1, -0.05) is 6.07 Å². The number of nitrogens with one attached hydrogen (secondary N) is 1. The van der Waals surface area contributed by atoms with E-state index in [2.05, 4.69) is 26.0 Å². The van der Waals surface area contributed by atoms with Crippen LogP contribution in [0.2, 0.25) is 0 Å². The summed E-state index contributed by atoms with van der Waals surface area (Å²) in [5.74, 6) is 0.00259. The van der Waals surface area contributed by atoms with Crippen molar-refractivity contribution in [1.82, 2.24) is 0 Å². The summed E-state index contributed by atoms with van der Waals surface area (Å²) < 4.78 is 30.6. The minimum Gasteiger partial charge on any atom is -0.426 e. The summed E-state index contributed by atoms with van der Waals surface area (Å²) in [5, 5.41) is 11.2. The molecule has 0 saturated carbocycles. The van der Waals surface area contributed by atoms with Crippen molar-refractivity contribution in [2.45, 2.75) is 12.3 Å². The molecule has 0 radical (unpaired) electrons. The molecule has 2 N–H and O–H groups in total. The van der Waals surface area contributed by atoms with Crippen LogP contribution in [-0.2, 0) is 0 Å². The van der Waals surface area contributed by atoms with Crippen LogP contribution in [0.25, 0.3) is 0 Å². The predicted molar refractivity (Wildman–Crippen MR) is 49.3 cm³/mol. The predicted octanol–water partition coefficient (Wildman–Crippen LogP) is 2.16. The summed E-state index contributed by atoms with van der Waals surface area (Å²) in [4.78, 5) is 0. The molecule has 1 unspecified atom stereocenters. The number of aliphatic hydroxyl groups is 1. The van der Waals surface area contributed by atoms with E-state index in [0.717, 1.165) is 0 Å². The number of para-hydroxylation sites is 1. The third-order valence-electron chi connectivity index (χ3n) is 1.82. The van der Waals surface area contributed by atoms with Crippen LogP contribution in [0.3, 0.4) is 0 Å². The minimum absolute atomic E-state index is 0.00259. The molecule has 1 aliphatic rings. The number of hydrogen-bond acceptors (Lipinski definition) is 3. The number of aliphatic hydroxyl groups excluding tert-OH is 1. The van der Waals surface area contributed by atoms with E-state index in [9.17, 15) is 8.78 Å². The maximum absolute atomic E-state index is 12.9. The third-order valence-corrected chi connectivity index (χ3v) is 2.44. The number of hydrogen-bond donors (Lipinski definition) is 2.